The maximum absolute atomic E-state index is 12.3. The Balaban J connectivity index is 1.15. The minimum absolute atomic E-state index is 0.231. The first kappa shape index (κ1) is 22.2. The van der Waals surface area contributed by atoms with Gasteiger partial charge < -0.3 is 9.47 Å². The van der Waals surface area contributed by atoms with E-state index in [0.29, 0.717) is 25.4 Å². The molecule has 0 N–H and O–H groups in total. The molecular formula is C27H30N2O3. The van der Waals surface area contributed by atoms with Crippen LogP contribution in [0.1, 0.15) is 58.6 Å². The summed E-state index contributed by atoms with van der Waals surface area (Å²) in [6.45, 7) is 3.44. The Kier molecular flexibility index (Phi) is 7.62. The number of fused-ring (bicyclic) bond motifs is 1. The third kappa shape index (κ3) is 6.01. The van der Waals surface area contributed by atoms with Gasteiger partial charge in [-0.25, -0.2) is 9.78 Å². The summed E-state index contributed by atoms with van der Waals surface area (Å²) >= 11 is 0. The highest BCUT2D eigenvalue weighted by Gasteiger charge is 2.13. The first-order chi connectivity index (χ1) is 15.7. The predicted molar refractivity (Wildman–Crippen MR) is 124 cm³/mol. The Labute approximate surface area is 189 Å². The molecule has 2 heterocycles. The summed E-state index contributed by atoms with van der Waals surface area (Å²) in [5.74, 6) is -0.231. The van der Waals surface area contributed by atoms with Crippen molar-refractivity contribution in [2.45, 2.75) is 52.1 Å². The summed E-state index contributed by atoms with van der Waals surface area (Å²) in [7, 11) is 0. The molecule has 166 valence electrons. The first-order valence-electron chi connectivity index (χ1n) is 11.5. The molecule has 0 atom stereocenters. The zero-order chi connectivity index (χ0) is 22.2. The Morgan fingerprint density at radius 3 is 2.47 bits per heavy atom. The molecule has 0 saturated carbocycles. The standard InChI is InChI=1S/C27H30N2O3/c1-20-8-6-12-25(28-20)26-13-7-11-24(29-26)19-31-16-4-5-17-32-27(30)23-15-14-21-9-2-3-10-22(21)18-23/h6-8,11-15,18H,2-5,9-10,16-17,19H2,1H3. The number of esters is 1. The van der Waals surface area contributed by atoms with Crippen molar-refractivity contribution in [3.05, 3.63) is 82.7 Å². The number of carbonyl (C=O) groups excluding carboxylic acids is 1. The van der Waals surface area contributed by atoms with Gasteiger partial charge in [0, 0.05) is 12.3 Å². The number of aromatic nitrogens is 2. The SMILES string of the molecule is Cc1cccc(-c2cccc(COCCCCOC(=O)c3ccc4c(c3)CCCC4)n2)n1. The number of nitrogens with zero attached hydrogens (tertiary/aromatic N) is 2. The van der Waals surface area contributed by atoms with Crippen LogP contribution >= 0.6 is 0 Å². The average Bonchev–Trinajstić information content (AvgIpc) is 2.83. The van der Waals surface area contributed by atoms with Crippen LogP contribution in [-0.2, 0) is 28.9 Å². The zero-order valence-corrected chi connectivity index (χ0v) is 18.7. The van der Waals surface area contributed by atoms with E-state index >= 15 is 0 Å². The van der Waals surface area contributed by atoms with Gasteiger partial charge in [-0.15, -0.1) is 0 Å². The molecule has 32 heavy (non-hydrogen) atoms. The molecule has 0 radical (unpaired) electrons. The maximum Gasteiger partial charge on any atom is 0.338 e. The smallest absolute Gasteiger partial charge is 0.338 e. The largest absolute Gasteiger partial charge is 0.462 e. The quantitative estimate of drug-likeness (QED) is 0.332. The van der Waals surface area contributed by atoms with E-state index in [9.17, 15) is 4.79 Å². The van der Waals surface area contributed by atoms with Crippen molar-refractivity contribution < 1.29 is 14.3 Å². The van der Waals surface area contributed by atoms with Gasteiger partial charge in [0.05, 0.1) is 35.9 Å². The van der Waals surface area contributed by atoms with Crippen LogP contribution in [-0.4, -0.2) is 29.2 Å². The van der Waals surface area contributed by atoms with Crippen LogP contribution < -0.4 is 0 Å². The van der Waals surface area contributed by atoms with Crippen LogP contribution in [0.25, 0.3) is 11.4 Å². The van der Waals surface area contributed by atoms with E-state index in [2.05, 4.69) is 16.0 Å². The number of benzene rings is 1. The van der Waals surface area contributed by atoms with Crippen molar-refractivity contribution in [2.75, 3.05) is 13.2 Å². The molecule has 0 fully saturated rings. The Morgan fingerprint density at radius 1 is 0.875 bits per heavy atom. The lowest BCUT2D eigenvalue weighted by molar-refractivity contribution is 0.0477. The third-order valence-corrected chi connectivity index (χ3v) is 5.71. The van der Waals surface area contributed by atoms with Crippen LogP contribution in [0, 0.1) is 6.92 Å². The number of aryl methyl sites for hydroxylation is 3. The van der Waals surface area contributed by atoms with Gasteiger partial charge in [-0.3, -0.25) is 4.98 Å². The Morgan fingerprint density at radius 2 is 1.62 bits per heavy atom. The van der Waals surface area contributed by atoms with Crippen LogP contribution in [0.4, 0.5) is 0 Å². The van der Waals surface area contributed by atoms with Crippen LogP contribution in [0.3, 0.4) is 0 Å². The summed E-state index contributed by atoms with van der Waals surface area (Å²) in [6, 6.07) is 17.8. The highest BCUT2D eigenvalue weighted by molar-refractivity contribution is 5.89. The fourth-order valence-electron chi connectivity index (χ4n) is 3.98. The highest BCUT2D eigenvalue weighted by Crippen LogP contribution is 2.22. The number of pyridine rings is 2. The molecule has 0 bridgehead atoms. The summed E-state index contributed by atoms with van der Waals surface area (Å²) in [5, 5.41) is 0. The molecule has 0 aliphatic heterocycles. The highest BCUT2D eigenvalue weighted by atomic mass is 16.5. The number of carbonyl (C=O) groups is 1. The minimum atomic E-state index is -0.231. The van der Waals surface area contributed by atoms with E-state index in [-0.39, 0.29) is 5.97 Å². The maximum atomic E-state index is 12.3. The number of rotatable bonds is 9. The normalized spacial score (nSPS) is 12.9. The number of unbranched alkanes of at least 4 members (excludes halogenated alkanes) is 1. The second-order valence-corrected chi connectivity index (χ2v) is 8.26. The van der Waals surface area contributed by atoms with Crippen LogP contribution in [0.15, 0.2) is 54.6 Å². The van der Waals surface area contributed by atoms with E-state index < -0.39 is 0 Å². The molecular weight excluding hydrogens is 400 g/mol. The lowest BCUT2D eigenvalue weighted by Crippen LogP contribution is -2.10. The molecule has 5 nitrogen and oxygen atoms in total. The molecule has 2 aromatic heterocycles. The Hall–Kier alpha value is -3.05. The molecule has 4 rings (SSSR count). The van der Waals surface area contributed by atoms with Gasteiger partial charge in [-0.1, -0.05) is 18.2 Å². The summed E-state index contributed by atoms with van der Waals surface area (Å²) in [6.07, 6.45) is 6.23. The number of hydrogen-bond donors (Lipinski definition) is 0. The summed E-state index contributed by atoms with van der Waals surface area (Å²) in [5.41, 5.74) is 6.91. The molecule has 3 aromatic rings. The molecule has 1 aliphatic carbocycles. The van der Waals surface area contributed by atoms with Crippen molar-refractivity contribution in [3.63, 3.8) is 0 Å². The van der Waals surface area contributed by atoms with Crippen molar-refractivity contribution in [1.82, 2.24) is 9.97 Å². The number of ether oxygens (including phenoxy) is 2. The van der Waals surface area contributed by atoms with Gasteiger partial charge in [-0.05, 0) is 93.0 Å². The fraction of sp³-hybridized carbons (Fsp3) is 0.370. The van der Waals surface area contributed by atoms with Crippen molar-refractivity contribution in [2.24, 2.45) is 0 Å². The predicted octanol–water partition coefficient (Wildman–Crippen LogP) is 5.48. The number of hydrogen-bond acceptors (Lipinski definition) is 5. The second-order valence-electron chi connectivity index (χ2n) is 8.26. The van der Waals surface area contributed by atoms with Crippen molar-refractivity contribution >= 4 is 5.97 Å². The van der Waals surface area contributed by atoms with Gasteiger partial charge in [0.25, 0.3) is 0 Å². The third-order valence-electron chi connectivity index (χ3n) is 5.71. The van der Waals surface area contributed by atoms with E-state index in [4.69, 9.17) is 9.47 Å². The van der Waals surface area contributed by atoms with Crippen molar-refractivity contribution in [3.8, 4) is 11.4 Å². The molecule has 1 aromatic carbocycles. The first-order valence-corrected chi connectivity index (χ1v) is 11.5. The molecule has 5 heteroatoms. The Bertz CT molecular complexity index is 1060. The molecule has 0 saturated heterocycles. The summed E-state index contributed by atoms with van der Waals surface area (Å²) in [4.78, 5) is 21.5. The monoisotopic (exact) mass is 430 g/mol. The van der Waals surface area contributed by atoms with Crippen molar-refractivity contribution in [1.29, 1.82) is 0 Å². The van der Waals surface area contributed by atoms with E-state index in [0.717, 1.165) is 48.5 Å². The molecule has 0 unspecified atom stereocenters. The van der Waals surface area contributed by atoms with E-state index in [1.54, 1.807) is 0 Å². The van der Waals surface area contributed by atoms with Gasteiger partial charge in [-0.2, -0.15) is 0 Å². The van der Waals surface area contributed by atoms with Crippen LogP contribution in [0.5, 0.6) is 0 Å². The topological polar surface area (TPSA) is 61.3 Å². The van der Waals surface area contributed by atoms with Crippen LogP contribution in [0.2, 0.25) is 0 Å². The summed E-state index contributed by atoms with van der Waals surface area (Å²) < 4.78 is 11.2. The fourth-order valence-corrected chi connectivity index (χ4v) is 3.98. The van der Waals surface area contributed by atoms with Gasteiger partial charge >= 0.3 is 5.97 Å². The van der Waals surface area contributed by atoms with E-state index in [1.165, 1.54) is 24.0 Å². The lowest BCUT2D eigenvalue weighted by atomic mass is 9.90. The molecule has 0 amide bonds. The van der Waals surface area contributed by atoms with E-state index in [1.807, 2.05) is 55.5 Å². The van der Waals surface area contributed by atoms with Gasteiger partial charge in [0.2, 0.25) is 0 Å². The van der Waals surface area contributed by atoms with Gasteiger partial charge in [0.1, 0.15) is 0 Å². The minimum Gasteiger partial charge on any atom is -0.462 e. The van der Waals surface area contributed by atoms with Gasteiger partial charge in [0.15, 0.2) is 0 Å². The second kappa shape index (κ2) is 11.0. The zero-order valence-electron chi connectivity index (χ0n) is 18.7. The molecule has 1 aliphatic rings. The lowest BCUT2D eigenvalue weighted by Gasteiger charge is -2.16. The molecule has 0 spiro atoms. The average molecular weight is 431 g/mol.